The molecule has 2 rings (SSSR count). The van der Waals surface area contributed by atoms with Gasteiger partial charge < -0.3 is 10.5 Å². The Kier molecular flexibility index (Phi) is 3.99. The van der Waals surface area contributed by atoms with Gasteiger partial charge in [0, 0.05) is 17.8 Å². The first-order valence-corrected chi connectivity index (χ1v) is 6.01. The average Bonchev–Trinajstić information content (AvgIpc) is 2.35. The third-order valence-electron chi connectivity index (χ3n) is 2.41. The lowest BCUT2D eigenvalue weighted by molar-refractivity contribution is -0.385. The summed E-state index contributed by atoms with van der Waals surface area (Å²) in [6, 6.07) is 5.91. The Hall–Kier alpha value is -2.41. The number of aromatic nitrogens is 2. The lowest BCUT2D eigenvalue weighted by Crippen LogP contribution is -2.06. The van der Waals surface area contributed by atoms with E-state index < -0.39 is 4.92 Å². The van der Waals surface area contributed by atoms with Crippen LogP contribution in [0, 0.1) is 17.0 Å². The third kappa shape index (κ3) is 3.12. The number of anilines is 1. The summed E-state index contributed by atoms with van der Waals surface area (Å²) in [5.41, 5.74) is 6.07. The molecule has 0 amide bonds. The van der Waals surface area contributed by atoms with Crippen LogP contribution >= 0.6 is 11.6 Å². The molecule has 20 heavy (non-hydrogen) atoms. The largest absolute Gasteiger partial charge is 0.478 e. The van der Waals surface area contributed by atoms with Gasteiger partial charge in [-0.15, -0.1) is 0 Å². The van der Waals surface area contributed by atoms with Crippen LogP contribution in [0.15, 0.2) is 24.3 Å². The van der Waals surface area contributed by atoms with E-state index in [-0.39, 0.29) is 23.1 Å². The maximum atomic E-state index is 10.9. The lowest BCUT2D eigenvalue weighted by Gasteiger charge is -2.08. The number of nitrogens with two attached hydrogens (primary N) is 1. The number of nitro benzene ring substituents is 1. The van der Waals surface area contributed by atoms with Gasteiger partial charge in [0.2, 0.25) is 5.75 Å². The Morgan fingerprint density at radius 1 is 1.45 bits per heavy atom. The molecule has 0 aliphatic heterocycles. The monoisotopic (exact) mass is 294 g/mol. The molecule has 0 aliphatic carbocycles. The van der Waals surface area contributed by atoms with Crippen molar-refractivity contribution in [3.8, 4) is 5.75 Å². The van der Waals surface area contributed by atoms with E-state index in [4.69, 9.17) is 22.1 Å². The molecule has 0 saturated heterocycles. The minimum Gasteiger partial charge on any atom is -0.478 e. The molecule has 0 bridgehead atoms. The van der Waals surface area contributed by atoms with Gasteiger partial charge in [-0.05, 0) is 13.0 Å². The van der Waals surface area contributed by atoms with Gasteiger partial charge in [-0.2, -0.15) is 0 Å². The fourth-order valence-electron chi connectivity index (χ4n) is 1.64. The van der Waals surface area contributed by atoms with Crippen molar-refractivity contribution in [1.29, 1.82) is 0 Å². The molecule has 1 aromatic heterocycles. The molecule has 0 radical (unpaired) electrons. The highest BCUT2D eigenvalue weighted by Gasteiger charge is 2.18. The number of benzene rings is 1. The highest BCUT2D eigenvalue weighted by atomic mass is 35.5. The first-order chi connectivity index (χ1) is 9.47. The van der Waals surface area contributed by atoms with Crippen LogP contribution in [0.1, 0.15) is 11.5 Å². The molecule has 0 spiro atoms. The Morgan fingerprint density at radius 3 is 2.85 bits per heavy atom. The van der Waals surface area contributed by atoms with Gasteiger partial charge in [-0.25, -0.2) is 9.97 Å². The molecule has 7 nitrogen and oxygen atoms in total. The molecular weight excluding hydrogens is 284 g/mol. The molecule has 0 fully saturated rings. The van der Waals surface area contributed by atoms with Gasteiger partial charge in [-0.1, -0.05) is 17.7 Å². The molecule has 0 unspecified atom stereocenters. The number of hydrogen-bond acceptors (Lipinski definition) is 6. The number of nitrogen functional groups attached to an aromatic ring is 1. The van der Waals surface area contributed by atoms with Crippen LogP contribution in [-0.4, -0.2) is 14.9 Å². The van der Waals surface area contributed by atoms with E-state index in [1.54, 1.807) is 13.0 Å². The van der Waals surface area contributed by atoms with Gasteiger partial charge in [0.1, 0.15) is 12.4 Å². The van der Waals surface area contributed by atoms with Crippen molar-refractivity contribution in [1.82, 2.24) is 9.97 Å². The van der Waals surface area contributed by atoms with Crippen molar-refractivity contribution in [3.63, 3.8) is 0 Å². The van der Waals surface area contributed by atoms with E-state index in [2.05, 4.69) is 9.97 Å². The fraction of sp³-hybridized carbons (Fsp3) is 0.167. The molecule has 0 atom stereocenters. The van der Waals surface area contributed by atoms with Gasteiger partial charge >= 0.3 is 5.69 Å². The van der Waals surface area contributed by atoms with Crippen molar-refractivity contribution < 1.29 is 9.66 Å². The molecule has 0 aliphatic rings. The lowest BCUT2D eigenvalue weighted by atomic mass is 10.3. The zero-order valence-electron chi connectivity index (χ0n) is 10.5. The number of rotatable bonds is 4. The average molecular weight is 295 g/mol. The van der Waals surface area contributed by atoms with Crippen molar-refractivity contribution in [2.75, 3.05) is 5.73 Å². The molecule has 0 saturated carbocycles. The first kappa shape index (κ1) is 14.0. The minimum atomic E-state index is -0.563. The molecular formula is C12H11ClN4O3. The molecule has 2 N–H and O–H groups in total. The van der Waals surface area contributed by atoms with Crippen LogP contribution < -0.4 is 10.5 Å². The van der Waals surface area contributed by atoms with Crippen LogP contribution in [0.2, 0.25) is 5.02 Å². The smallest absolute Gasteiger partial charge is 0.312 e. The minimum absolute atomic E-state index is 0.0113. The molecule has 2 aromatic rings. The number of hydrogen-bond donors (Lipinski definition) is 1. The second-order valence-corrected chi connectivity index (χ2v) is 4.39. The summed E-state index contributed by atoms with van der Waals surface area (Å²) in [5, 5.41) is 11.1. The zero-order valence-corrected chi connectivity index (χ0v) is 11.3. The summed E-state index contributed by atoms with van der Waals surface area (Å²) in [7, 11) is 0. The summed E-state index contributed by atoms with van der Waals surface area (Å²) < 4.78 is 5.37. The quantitative estimate of drug-likeness (QED) is 0.686. The van der Waals surface area contributed by atoms with Crippen LogP contribution in [0.5, 0.6) is 5.75 Å². The number of halogens is 1. The molecule has 8 heteroatoms. The van der Waals surface area contributed by atoms with E-state index in [0.29, 0.717) is 17.3 Å². The normalized spacial score (nSPS) is 10.3. The van der Waals surface area contributed by atoms with Gasteiger partial charge in [0.25, 0.3) is 0 Å². The summed E-state index contributed by atoms with van der Waals surface area (Å²) >= 11 is 5.91. The third-order valence-corrected chi connectivity index (χ3v) is 2.71. The Bertz CT molecular complexity index is 643. The maximum Gasteiger partial charge on any atom is 0.312 e. The van der Waals surface area contributed by atoms with E-state index in [1.807, 2.05) is 0 Å². The molecule has 104 valence electrons. The fourth-order valence-corrected chi connectivity index (χ4v) is 1.87. The van der Waals surface area contributed by atoms with Crippen LogP contribution in [0.25, 0.3) is 0 Å². The predicted molar refractivity (Wildman–Crippen MR) is 73.6 cm³/mol. The Morgan fingerprint density at radius 2 is 2.20 bits per heavy atom. The molecule has 1 heterocycles. The van der Waals surface area contributed by atoms with Crippen molar-refractivity contribution in [2.24, 2.45) is 0 Å². The number of ether oxygens (including phenoxy) is 1. The van der Waals surface area contributed by atoms with E-state index in [1.165, 1.54) is 18.2 Å². The van der Waals surface area contributed by atoms with Gasteiger partial charge in [-0.3, -0.25) is 10.1 Å². The van der Waals surface area contributed by atoms with Crippen molar-refractivity contribution in [2.45, 2.75) is 13.5 Å². The van der Waals surface area contributed by atoms with Gasteiger partial charge in [0.05, 0.1) is 9.95 Å². The summed E-state index contributed by atoms with van der Waals surface area (Å²) in [4.78, 5) is 18.5. The maximum absolute atomic E-state index is 10.9. The summed E-state index contributed by atoms with van der Waals surface area (Å²) in [5.74, 6) is 0.629. The summed E-state index contributed by atoms with van der Waals surface area (Å²) in [6.07, 6.45) is 0. The molecule has 1 aromatic carbocycles. The number of para-hydroxylation sites is 1. The second kappa shape index (κ2) is 5.70. The van der Waals surface area contributed by atoms with E-state index in [9.17, 15) is 10.1 Å². The highest BCUT2D eigenvalue weighted by Crippen LogP contribution is 2.34. The number of nitrogens with zero attached hydrogens (tertiary/aromatic N) is 3. The second-order valence-electron chi connectivity index (χ2n) is 3.98. The Balaban J connectivity index is 2.25. The van der Waals surface area contributed by atoms with E-state index >= 15 is 0 Å². The standard InChI is InChI=1S/C12H11ClN4O3/c1-7-5-10(14)16-11(15-7)6-20-12-8(13)3-2-4-9(12)17(18)19/h2-5H,6H2,1H3,(H2,14,15,16). The Labute approximate surface area is 119 Å². The SMILES string of the molecule is Cc1cc(N)nc(COc2c(Cl)cccc2[N+](=O)[O-])n1. The van der Waals surface area contributed by atoms with Crippen molar-refractivity contribution in [3.05, 3.63) is 50.9 Å². The highest BCUT2D eigenvalue weighted by molar-refractivity contribution is 6.32. The van der Waals surface area contributed by atoms with Crippen LogP contribution in [0.4, 0.5) is 11.5 Å². The first-order valence-electron chi connectivity index (χ1n) is 5.63. The predicted octanol–water partition coefficient (Wildman–Crippen LogP) is 2.51. The number of nitro groups is 1. The summed E-state index contributed by atoms with van der Waals surface area (Å²) in [6.45, 7) is 1.70. The van der Waals surface area contributed by atoms with Crippen LogP contribution in [-0.2, 0) is 6.61 Å². The van der Waals surface area contributed by atoms with Crippen LogP contribution in [0.3, 0.4) is 0 Å². The number of aryl methyl sites for hydroxylation is 1. The zero-order chi connectivity index (χ0) is 14.7. The topological polar surface area (TPSA) is 104 Å². The van der Waals surface area contributed by atoms with E-state index in [0.717, 1.165) is 0 Å². The van der Waals surface area contributed by atoms with Crippen molar-refractivity contribution >= 4 is 23.1 Å². The van der Waals surface area contributed by atoms with Gasteiger partial charge in [0.15, 0.2) is 5.82 Å².